The summed E-state index contributed by atoms with van der Waals surface area (Å²) < 4.78 is 10.9. The molecule has 4 nitrogen and oxygen atoms in total. The summed E-state index contributed by atoms with van der Waals surface area (Å²) >= 11 is 8.04. The summed E-state index contributed by atoms with van der Waals surface area (Å²) in [5.41, 5.74) is 2.06. The monoisotopic (exact) mass is 391 g/mol. The van der Waals surface area contributed by atoms with Gasteiger partial charge < -0.3 is 14.4 Å². The molecule has 0 N–H and O–H groups in total. The first-order valence-corrected chi connectivity index (χ1v) is 9.86. The Morgan fingerprint density at radius 1 is 1.46 bits per heavy atom. The average molecular weight is 392 g/mol. The van der Waals surface area contributed by atoms with Crippen molar-refractivity contribution in [3.05, 3.63) is 50.7 Å². The highest BCUT2D eigenvalue weighted by Gasteiger charge is 2.27. The largest absolute Gasteiger partial charge is 0.491 e. The zero-order chi connectivity index (χ0) is 18.7. The lowest BCUT2D eigenvalue weighted by atomic mass is 10.0. The van der Waals surface area contributed by atoms with E-state index in [1.54, 1.807) is 36.7 Å². The number of carbonyl (C=O) groups is 1. The summed E-state index contributed by atoms with van der Waals surface area (Å²) in [6.07, 6.45) is 4.29. The molecule has 0 radical (unpaired) electrons. The number of ether oxygens (including phenoxy) is 2. The van der Waals surface area contributed by atoms with Gasteiger partial charge in [0.1, 0.15) is 0 Å². The van der Waals surface area contributed by atoms with Gasteiger partial charge in [0.05, 0.1) is 24.8 Å². The molecule has 0 saturated carbocycles. The number of fused-ring (bicyclic) bond motifs is 1. The van der Waals surface area contributed by atoms with Gasteiger partial charge in [0.15, 0.2) is 11.5 Å². The maximum absolute atomic E-state index is 12.7. The summed E-state index contributed by atoms with van der Waals surface area (Å²) in [4.78, 5) is 16.0. The van der Waals surface area contributed by atoms with Crippen molar-refractivity contribution in [3.8, 4) is 11.5 Å². The maximum Gasteiger partial charge on any atom is 0.247 e. The van der Waals surface area contributed by atoms with Gasteiger partial charge in [-0.15, -0.1) is 11.3 Å². The van der Waals surface area contributed by atoms with Crippen molar-refractivity contribution in [2.75, 3.05) is 20.3 Å². The number of nitrogens with zero attached hydrogens (tertiary/aromatic N) is 1. The number of thiophene rings is 1. The number of halogens is 1. The van der Waals surface area contributed by atoms with E-state index in [1.807, 2.05) is 17.9 Å². The number of methoxy groups -OCH3 is 1. The first-order chi connectivity index (χ1) is 12.5. The lowest BCUT2D eigenvalue weighted by molar-refractivity contribution is -0.128. The Bertz CT molecular complexity index is 830. The molecule has 0 saturated heterocycles. The number of hydrogen-bond acceptors (Lipinski definition) is 4. The van der Waals surface area contributed by atoms with E-state index in [1.165, 1.54) is 10.4 Å². The normalized spacial score (nSPS) is 16.6. The van der Waals surface area contributed by atoms with Crippen molar-refractivity contribution in [2.45, 2.75) is 26.3 Å². The van der Waals surface area contributed by atoms with Gasteiger partial charge in [-0.2, -0.15) is 0 Å². The first-order valence-electron chi connectivity index (χ1n) is 8.60. The van der Waals surface area contributed by atoms with Crippen LogP contribution in [0.3, 0.4) is 0 Å². The van der Waals surface area contributed by atoms with Crippen molar-refractivity contribution in [3.63, 3.8) is 0 Å². The second kappa shape index (κ2) is 8.14. The molecule has 26 heavy (non-hydrogen) atoms. The minimum Gasteiger partial charge on any atom is -0.491 e. The summed E-state index contributed by atoms with van der Waals surface area (Å²) in [7, 11) is 1.55. The molecule has 1 aromatic carbocycles. The first kappa shape index (κ1) is 18.8. The van der Waals surface area contributed by atoms with Crippen LogP contribution in [0, 0.1) is 0 Å². The third-order valence-electron chi connectivity index (χ3n) is 4.51. The van der Waals surface area contributed by atoms with E-state index in [9.17, 15) is 4.79 Å². The molecule has 1 amide bonds. The standard InChI is InChI=1S/C20H22ClNO3S/c1-4-25-17-12-14(11-16(21)20(17)24-3)5-6-19(23)22-9-7-18-15(13(22)2)8-10-26-18/h5-6,8,10-13H,4,7,9H2,1-3H3/b6-5+. The quantitative estimate of drug-likeness (QED) is 0.675. The predicted octanol–water partition coefficient (Wildman–Crippen LogP) is 4.97. The van der Waals surface area contributed by atoms with E-state index in [0.717, 1.165) is 18.5 Å². The molecule has 3 rings (SSSR count). The fourth-order valence-corrected chi connectivity index (χ4v) is 4.48. The Morgan fingerprint density at radius 2 is 2.27 bits per heavy atom. The van der Waals surface area contributed by atoms with Crippen LogP contribution in [0.5, 0.6) is 11.5 Å². The zero-order valence-corrected chi connectivity index (χ0v) is 16.7. The Balaban J connectivity index is 1.78. The van der Waals surface area contributed by atoms with Crippen molar-refractivity contribution in [2.24, 2.45) is 0 Å². The van der Waals surface area contributed by atoms with Gasteiger partial charge in [0.2, 0.25) is 5.91 Å². The lowest BCUT2D eigenvalue weighted by Crippen LogP contribution is -2.37. The van der Waals surface area contributed by atoms with E-state index in [-0.39, 0.29) is 11.9 Å². The minimum absolute atomic E-state index is 0.000694. The highest BCUT2D eigenvalue weighted by molar-refractivity contribution is 7.10. The Kier molecular flexibility index (Phi) is 5.89. The van der Waals surface area contributed by atoms with Crippen molar-refractivity contribution >= 4 is 34.9 Å². The summed E-state index contributed by atoms with van der Waals surface area (Å²) in [6.45, 7) is 5.22. The van der Waals surface area contributed by atoms with Crippen LogP contribution in [-0.4, -0.2) is 31.1 Å². The second-order valence-corrected chi connectivity index (χ2v) is 7.47. The molecule has 1 unspecified atom stereocenters. The predicted molar refractivity (Wildman–Crippen MR) is 106 cm³/mol. The molecule has 1 atom stereocenters. The van der Waals surface area contributed by atoms with Gasteiger partial charge in [-0.3, -0.25) is 4.79 Å². The molecule has 2 heterocycles. The van der Waals surface area contributed by atoms with Crippen molar-refractivity contribution in [1.82, 2.24) is 4.90 Å². The Labute approximate surface area is 163 Å². The van der Waals surface area contributed by atoms with E-state index in [4.69, 9.17) is 21.1 Å². The minimum atomic E-state index is -0.000694. The van der Waals surface area contributed by atoms with Gasteiger partial charge in [0.25, 0.3) is 0 Å². The molecule has 1 aliphatic rings. The Hall–Kier alpha value is -1.98. The van der Waals surface area contributed by atoms with Crippen LogP contribution in [-0.2, 0) is 11.2 Å². The zero-order valence-electron chi connectivity index (χ0n) is 15.1. The molecular weight excluding hydrogens is 370 g/mol. The fourth-order valence-electron chi connectivity index (χ4n) is 3.22. The van der Waals surface area contributed by atoms with Crippen molar-refractivity contribution < 1.29 is 14.3 Å². The highest BCUT2D eigenvalue weighted by atomic mass is 35.5. The molecule has 0 spiro atoms. The van der Waals surface area contributed by atoms with E-state index in [2.05, 4.69) is 18.4 Å². The maximum atomic E-state index is 12.7. The lowest BCUT2D eigenvalue weighted by Gasteiger charge is -2.32. The Morgan fingerprint density at radius 3 is 3.00 bits per heavy atom. The summed E-state index contributed by atoms with van der Waals surface area (Å²) in [5.74, 6) is 1.08. The van der Waals surface area contributed by atoms with Crippen LogP contribution < -0.4 is 9.47 Å². The van der Waals surface area contributed by atoms with Gasteiger partial charge in [-0.05, 0) is 61.1 Å². The third kappa shape index (κ3) is 3.74. The van der Waals surface area contributed by atoms with Crippen molar-refractivity contribution in [1.29, 1.82) is 0 Å². The molecule has 2 aromatic rings. The van der Waals surface area contributed by atoms with E-state index < -0.39 is 0 Å². The van der Waals surface area contributed by atoms with Gasteiger partial charge >= 0.3 is 0 Å². The third-order valence-corrected chi connectivity index (χ3v) is 5.79. The van der Waals surface area contributed by atoms with Gasteiger partial charge in [0, 0.05) is 17.5 Å². The van der Waals surface area contributed by atoms with Gasteiger partial charge in [-0.25, -0.2) is 0 Å². The number of rotatable bonds is 5. The molecule has 6 heteroatoms. The fraction of sp³-hybridized carbons (Fsp3) is 0.350. The molecule has 1 aliphatic heterocycles. The highest BCUT2D eigenvalue weighted by Crippen LogP contribution is 2.37. The summed E-state index contributed by atoms with van der Waals surface area (Å²) in [5, 5.41) is 2.55. The average Bonchev–Trinajstić information content (AvgIpc) is 3.10. The van der Waals surface area contributed by atoms with E-state index in [0.29, 0.717) is 23.1 Å². The number of benzene rings is 1. The summed E-state index contributed by atoms with van der Waals surface area (Å²) in [6, 6.07) is 5.81. The smallest absolute Gasteiger partial charge is 0.247 e. The van der Waals surface area contributed by atoms with Crippen LogP contribution in [0.1, 0.15) is 35.9 Å². The molecular formula is C20H22ClNO3S. The number of amides is 1. The molecule has 138 valence electrons. The van der Waals surface area contributed by atoms with Crippen LogP contribution in [0.15, 0.2) is 29.7 Å². The molecule has 0 fully saturated rings. The van der Waals surface area contributed by atoms with Crippen LogP contribution in [0.2, 0.25) is 5.02 Å². The molecule has 1 aromatic heterocycles. The molecule has 0 bridgehead atoms. The van der Waals surface area contributed by atoms with Crippen LogP contribution >= 0.6 is 22.9 Å². The second-order valence-electron chi connectivity index (χ2n) is 6.06. The van der Waals surface area contributed by atoms with Gasteiger partial charge in [-0.1, -0.05) is 11.6 Å². The topological polar surface area (TPSA) is 38.8 Å². The number of carbonyl (C=O) groups excluding carboxylic acids is 1. The van der Waals surface area contributed by atoms with Crippen LogP contribution in [0.4, 0.5) is 0 Å². The SMILES string of the molecule is CCOc1cc(/C=C/C(=O)N2CCc3sccc3C2C)cc(Cl)c1OC. The van der Waals surface area contributed by atoms with Crippen LogP contribution in [0.25, 0.3) is 6.08 Å². The van der Waals surface area contributed by atoms with E-state index >= 15 is 0 Å². The number of hydrogen-bond donors (Lipinski definition) is 0. The molecule has 0 aliphatic carbocycles.